The maximum absolute atomic E-state index is 12.5. The Morgan fingerprint density at radius 1 is 1.11 bits per heavy atom. The third-order valence-corrected chi connectivity index (χ3v) is 4.90. The molecule has 28 heavy (non-hydrogen) atoms. The Morgan fingerprint density at radius 2 is 1.89 bits per heavy atom. The summed E-state index contributed by atoms with van der Waals surface area (Å²) in [7, 11) is 0. The maximum Gasteiger partial charge on any atom is 0.344 e. The van der Waals surface area contributed by atoms with E-state index in [0.29, 0.717) is 12.3 Å². The second-order valence-electron chi connectivity index (χ2n) is 7.42. The zero-order valence-electron chi connectivity index (χ0n) is 16.7. The molecule has 1 heterocycles. The first-order chi connectivity index (χ1) is 13.5. The van der Waals surface area contributed by atoms with Crippen LogP contribution >= 0.6 is 0 Å². The fraction of sp³-hybridized carbons (Fsp3) is 0.391. The molecule has 0 spiro atoms. The molecule has 1 aliphatic rings. The standard InChI is InChI=1S/C23H27NO4/c1-16(2)19-11-10-17(3)13-21(19)27-15-23(26)28-14-22(25)24-12-6-8-18-7-4-5-9-20(18)24/h4-5,7,9-11,13,16H,6,8,12,14-15H2,1-3H3. The van der Waals surface area contributed by atoms with E-state index in [0.717, 1.165) is 35.2 Å². The molecule has 0 radical (unpaired) electrons. The number of carbonyl (C=O) groups excluding carboxylic acids is 2. The number of para-hydroxylation sites is 1. The number of aryl methyl sites for hydroxylation is 2. The van der Waals surface area contributed by atoms with E-state index in [1.807, 2.05) is 49.4 Å². The fourth-order valence-electron chi connectivity index (χ4n) is 3.43. The molecule has 0 aromatic heterocycles. The summed E-state index contributed by atoms with van der Waals surface area (Å²) in [5, 5.41) is 0. The first kappa shape index (κ1) is 19.9. The van der Waals surface area contributed by atoms with E-state index in [9.17, 15) is 9.59 Å². The van der Waals surface area contributed by atoms with Crippen molar-refractivity contribution in [3.63, 3.8) is 0 Å². The Labute approximate surface area is 166 Å². The van der Waals surface area contributed by atoms with Gasteiger partial charge < -0.3 is 14.4 Å². The van der Waals surface area contributed by atoms with Gasteiger partial charge in [-0.05, 0) is 54.5 Å². The van der Waals surface area contributed by atoms with Gasteiger partial charge in [-0.25, -0.2) is 4.79 Å². The summed E-state index contributed by atoms with van der Waals surface area (Å²) in [6.45, 7) is 6.28. The first-order valence-electron chi connectivity index (χ1n) is 9.73. The van der Waals surface area contributed by atoms with Gasteiger partial charge in [0.2, 0.25) is 0 Å². The zero-order chi connectivity index (χ0) is 20.1. The van der Waals surface area contributed by atoms with Crippen LogP contribution in [0.3, 0.4) is 0 Å². The van der Waals surface area contributed by atoms with Gasteiger partial charge in [0, 0.05) is 12.2 Å². The smallest absolute Gasteiger partial charge is 0.344 e. The maximum atomic E-state index is 12.5. The minimum Gasteiger partial charge on any atom is -0.482 e. The molecule has 0 bridgehead atoms. The number of nitrogens with zero attached hydrogens (tertiary/aromatic N) is 1. The van der Waals surface area contributed by atoms with Gasteiger partial charge in [-0.1, -0.05) is 44.2 Å². The van der Waals surface area contributed by atoms with E-state index in [2.05, 4.69) is 13.8 Å². The minimum absolute atomic E-state index is 0.209. The highest BCUT2D eigenvalue weighted by molar-refractivity contribution is 5.96. The Morgan fingerprint density at radius 3 is 2.68 bits per heavy atom. The molecular formula is C23H27NO4. The van der Waals surface area contributed by atoms with E-state index in [-0.39, 0.29) is 25.0 Å². The van der Waals surface area contributed by atoms with E-state index >= 15 is 0 Å². The molecule has 0 saturated carbocycles. The summed E-state index contributed by atoms with van der Waals surface area (Å²) in [5.74, 6) is 0.212. The highest BCUT2D eigenvalue weighted by atomic mass is 16.6. The summed E-state index contributed by atoms with van der Waals surface area (Å²) in [4.78, 5) is 26.3. The van der Waals surface area contributed by atoms with E-state index < -0.39 is 5.97 Å². The molecule has 2 aromatic carbocycles. The Kier molecular flexibility index (Phi) is 6.34. The van der Waals surface area contributed by atoms with Crippen LogP contribution in [0.5, 0.6) is 5.75 Å². The topological polar surface area (TPSA) is 55.8 Å². The number of esters is 1. The van der Waals surface area contributed by atoms with Crippen molar-refractivity contribution in [1.29, 1.82) is 0 Å². The second-order valence-corrected chi connectivity index (χ2v) is 7.42. The van der Waals surface area contributed by atoms with Gasteiger partial charge in [-0.2, -0.15) is 0 Å². The molecular weight excluding hydrogens is 354 g/mol. The quantitative estimate of drug-likeness (QED) is 0.709. The van der Waals surface area contributed by atoms with Crippen molar-refractivity contribution in [3.05, 3.63) is 59.2 Å². The van der Waals surface area contributed by atoms with Crippen LogP contribution in [0, 0.1) is 6.92 Å². The molecule has 0 saturated heterocycles. The van der Waals surface area contributed by atoms with Crippen molar-refractivity contribution in [2.45, 2.75) is 39.5 Å². The second kappa shape index (κ2) is 8.91. The lowest BCUT2D eigenvalue weighted by Crippen LogP contribution is -2.38. The molecule has 1 amide bonds. The summed E-state index contributed by atoms with van der Waals surface area (Å²) in [6.07, 6.45) is 1.87. The largest absolute Gasteiger partial charge is 0.482 e. The normalized spacial score (nSPS) is 13.2. The molecule has 5 heteroatoms. The monoisotopic (exact) mass is 381 g/mol. The lowest BCUT2D eigenvalue weighted by Gasteiger charge is -2.29. The predicted octanol–water partition coefficient (Wildman–Crippen LogP) is 4.02. The number of rotatable bonds is 6. The number of amides is 1. The van der Waals surface area contributed by atoms with E-state index in [1.54, 1.807) is 4.90 Å². The molecule has 2 aromatic rings. The lowest BCUT2D eigenvalue weighted by molar-refractivity contribution is -0.149. The van der Waals surface area contributed by atoms with Crippen LogP contribution in [0.25, 0.3) is 0 Å². The number of benzene rings is 2. The third-order valence-electron chi connectivity index (χ3n) is 4.90. The van der Waals surface area contributed by atoms with E-state index in [4.69, 9.17) is 9.47 Å². The van der Waals surface area contributed by atoms with Gasteiger partial charge in [0.1, 0.15) is 5.75 Å². The summed E-state index contributed by atoms with van der Waals surface area (Å²) in [6, 6.07) is 13.8. The molecule has 0 aliphatic carbocycles. The van der Waals surface area contributed by atoms with Crippen LogP contribution in [0.15, 0.2) is 42.5 Å². The molecule has 148 valence electrons. The number of hydrogen-bond acceptors (Lipinski definition) is 4. The minimum atomic E-state index is -0.546. The van der Waals surface area contributed by atoms with Crippen molar-refractivity contribution in [2.24, 2.45) is 0 Å². The number of carbonyl (C=O) groups is 2. The fourth-order valence-corrected chi connectivity index (χ4v) is 3.43. The van der Waals surface area contributed by atoms with Gasteiger partial charge in [0.25, 0.3) is 5.91 Å². The van der Waals surface area contributed by atoms with Crippen molar-refractivity contribution in [2.75, 3.05) is 24.7 Å². The summed E-state index contributed by atoms with van der Waals surface area (Å²) in [5.41, 5.74) is 4.16. The average molecular weight is 381 g/mol. The average Bonchev–Trinajstić information content (AvgIpc) is 2.69. The summed E-state index contributed by atoms with van der Waals surface area (Å²) < 4.78 is 10.8. The molecule has 0 unspecified atom stereocenters. The highest BCUT2D eigenvalue weighted by Gasteiger charge is 2.23. The molecule has 0 fully saturated rings. The van der Waals surface area contributed by atoms with Gasteiger partial charge >= 0.3 is 5.97 Å². The Bertz CT molecular complexity index is 859. The SMILES string of the molecule is Cc1ccc(C(C)C)c(OCC(=O)OCC(=O)N2CCCc3ccccc32)c1. The Balaban J connectivity index is 1.54. The van der Waals surface area contributed by atoms with Crippen molar-refractivity contribution < 1.29 is 19.1 Å². The number of anilines is 1. The van der Waals surface area contributed by atoms with Crippen molar-refractivity contribution in [3.8, 4) is 5.75 Å². The number of hydrogen-bond donors (Lipinski definition) is 0. The zero-order valence-corrected chi connectivity index (χ0v) is 16.7. The number of fused-ring (bicyclic) bond motifs is 1. The Hall–Kier alpha value is -2.82. The first-order valence-corrected chi connectivity index (χ1v) is 9.73. The van der Waals surface area contributed by atoms with Crippen LogP contribution in [0.4, 0.5) is 5.69 Å². The molecule has 0 atom stereocenters. The van der Waals surface area contributed by atoms with Crippen LogP contribution in [-0.4, -0.2) is 31.6 Å². The van der Waals surface area contributed by atoms with Gasteiger partial charge in [0.15, 0.2) is 13.2 Å². The van der Waals surface area contributed by atoms with Crippen LogP contribution < -0.4 is 9.64 Å². The van der Waals surface area contributed by atoms with Gasteiger partial charge in [0.05, 0.1) is 0 Å². The third kappa shape index (κ3) is 4.71. The van der Waals surface area contributed by atoms with Crippen LogP contribution in [-0.2, 0) is 20.7 Å². The van der Waals surface area contributed by atoms with Gasteiger partial charge in [-0.3, -0.25) is 4.79 Å². The highest BCUT2D eigenvalue weighted by Crippen LogP contribution is 2.28. The van der Waals surface area contributed by atoms with E-state index in [1.165, 1.54) is 0 Å². The number of ether oxygens (including phenoxy) is 2. The molecule has 3 rings (SSSR count). The van der Waals surface area contributed by atoms with Crippen LogP contribution in [0.2, 0.25) is 0 Å². The van der Waals surface area contributed by atoms with Crippen molar-refractivity contribution >= 4 is 17.6 Å². The molecule has 5 nitrogen and oxygen atoms in total. The summed E-state index contributed by atoms with van der Waals surface area (Å²) >= 11 is 0. The lowest BCUT2D eigenvalue weighted by atomic mass is 10.0. The molecule has 0 N–H and O–H groups in total. The van der Waals surface area contributed by atoms with Gasteiger partial charge in [-0.15, -0.1) is 0 Å². The van der Waals surface area contributed by atoms with Crippen LogP contribution in [0.1, 0.15) is 42.9 Å². The van der Waals surface area contributed by atoms with Crippen molar-refractivity contribution in [1.82, 2.24) is 0 Å². The predicted molar refractivity (Wildman–Crippen MR) is 109 cm³/mol. The molecule has 1 aliphatic heterocycles.